The Morgan fingerprint density at radius 1 is 1.29 bits per heavy atom. The second kappa shape index (κ2) is 7.21. The molecular weight excluding hydrogens is 401 g/mol. The molecule has 1 aromatic rings. The quantitative estimate of drug-likeness (QED) is 0.656. The van der Waals surface area contributed by atoms with Crippen LogP contribution in [0.1, 0.15) is 19.3 Å². The summed E-state index contributed by atoms with van der Waals surface area (Å²) in [5.74, 6) is -1.72. The number of rotatable bonds is 2. The third-order valence-electron chi connectivity index (χ3n) is 4.96. The van der Waals surface area contributed by atoms with Crippen molar-refractivity contribution in [1.82, 2.24) is 10.2 Å². The van der Waals surface area contributed by atoms with Crippen molar-refractivity contribution in [3.63, 3.8) is 0 Å². The minimum atomic E-state index is -5.12. The summed E-state index contributed by atoms with van der Waals surface area (Å²) < 4.78 is 40.6. The molecule has 1 fully saturated rings. The van der Waals surface area contributed by atoms with Gasteiger partial charge in [-0.15, -0.1) is 10.2 Å². The topological polar surface area (TPSA) is 131 Å². The average molecular weight is 419 g/mol. The van der Waals surface area contributed by atoms with Crippen molar-refractivity contribution in [2.45, 2.75) is 31.0 Å². The molecule has 2 aliphatic rings. The number of hydrogen-bond acceptors (Lipinski definition) is 7. The van der Waals surface area contributed by atoms with Gasteiger partial charge in [0.2, 0.25) is 0 Å². The smallest absolute Gasteiger partial charge is 0.401 e. The second-order valence-electron chi connectivity index (χ2n) is 6.73. The first kappa shape index (κ1) is 20.3. The molecular formula is C16H18ClF3N6O2. The fraction of sp³-hybridized carbons (Fsp3) is 0.500. The zero-order valence-electron chi connectivity index (χ0n) is 14.6. The van der Waals surface area contributed by atoms with E-state index in [-0.39, 0.29) is 10.9 Å². The molecule has 1 atom stereocenters. The van der Waals surface area contributed by atoms with Crippen LogP contribution in [-0.4, -0.2) is 51.9 Å². The number of aromatic nitrogens is 2. The van der Waals surface area contributed by atoms with Crippen molar-refractivity contribution < 1.29 is 23.1 Å². The molecule has 8 nitrogen and oxygen atoms in total. The van der Waals surface area contributed by atoms with Crippen molar-refractivity contribution in [2.24, 2.45) is 22.4 Å². The van der Waals surface area contributed by atoms with Gasteiger partial charge >= 0.3 is 6.18 Å². The zero-order chi connectivity index (χ0) is 20.7. The van der Waals surface area contributed by atoms with Gasteiger partial charge in [-0.2, -0.15) is 18.2 Å². The molecule has 1 amide bonds. The molecule has 0 spiro atoms. The lowest BCUT2D eigenvalue weighted by Crippen LogP contribution is -2.55. The lowest BCUT2D eigenvalue weighted by molar-refractivity contribution is -0.244. The van der Waals surface area contributed by atoms with Crippen LogP contribution in [0.15, 0.2) is 28.4 Å². The van der Waals surface area contributed by atoms with Crippen molar-refractivity contribution in [3.05, 3.63) is 28.6 Å². The Hall–Kier alpha value is -2.40. The van der Waals surface area contributed by atoms with Crippen LogP contribution in [0.2, 0.25) is 5.15 Å². The molecule has 1 saturated heterocycles. The van der Waals surface area contributed by atoms with E-state index in [0.29, 0.717) is 31.7 Å². The first-order chi connectivity index (χ1) is 13.0. The van der Waals surface area contributed by atoms with E-state index in [1.807, 2.05) is 4.90 Å². The first-order valence-corrected chi connectivity index (χ1v) is 8.81. The van der Waals surface area contributed by atoms with Gasteiger partial charge in [0.15, 0.2) is 16.6 Å². The molecule has 0 radical (unpaired) electrons. The van der Waals surface area contributed by atoms with E-state index in [9.17, 15) is 23.1 Å². The van der Waals surface area contributed by atoms with Gasteiger partial charge in [0, 0.05) is 24.7 Å². The van der Waals surface area contributed by atoms with Crippen LogP contribution in [0.25, 0.3) is 0 Å². The van der Waals surface area contributed by atoms with Gasteiger partial charge < -0.3 is 21.5 Å². The van der Waals surface area contributed by atoms with Crippen LogP contribution in [0, 0.1) is 5.92 Å². The van der Waals surface area contributed by atoms with Gasteiger partial charge in [0.05, 0.1) is 12.0 Å². The molecule has 0 saturated carbocycles. The fourth-order valence-electron chi connectivity index (χ4n) is 3.48. The van der Waals surface area contributed by atoms with Crippen LogP contribution in [0.5, 0.6) is 0 Å². The summed E-state index contributed by atoms with van der Waals surface area (Å²) in [6.45, 7) is 0.908. The number of nitrogens with zero attached hydrogens (tertiary/aromatic N) is 4. The van der Waals surface area contributed by atoms with Gasteiger partial charge in [-0.3, -0.25) is 4.79 Å². The maximum Gasteiger partial charge on any atom is 0.422 e. The lowest BCUT2D eigenvalue weighted by atomic mass is 9.80. The Labute approximate surface area is 163 Å². The Kier molecular flexibility index (Phi) is 5.24. The van der Waals surface area contributed by atoms with E-state index >= 15 is 0 Å². The molecule has 0 bridgehead atoms. The zero-order valence-corrected chi connectivity index (χ0v) is 15.3. The van der Waals surface area contributed by atoms with Gasteiger partial charge in [-0.05, 0) is 25.0 Å². The highest BCUT2D eigenvalue weighted by molar-refractivity contribution is 6.29. The van der Waals surface area contributed by atoms with Crippen LogP contribution < -0.4 is 16.4 Å². The fourth-order valence-corrected chi connectivity index (χ4v) is 3.58. The van der Waals surface area contributed by atoms with Gasteiger partial charge in [-0.25, -0.2) is 0 Å². The summed E-state index contributed by atoms with van der Waals surface area (Å²) in [7, 11) is 0. The van der Waals surface area contributed by atoms with Crippen molar-refractivity contribution in [2.75, 3.05) is 18.0 Å². The number of aliphatic imine (C=N–C) groups is 1. The number of nitrogens with two attached hydrogens (primary N) is 2. The number of halogens is 4. The standard InChI is InChI=1S/C16H18ClF3N6O2/c17-9-1-2-10(25-24-9)26-5-3-8(4-6-26)13(21)12-14(22)23-11(27)7-15(12,28)16(18,19)20/h1-2,8,28H,3-7,21H2,(H2,22,23,27). The number of anilines is 1. The number of carbonyl (C=O) groups is 1. The summed E-state index contributed by atoms with van der Waals surface area (Å²) in [5.41, 5.74) is 7.23. The number of carbonyl (C=O) groups excluding carboxylic acids is 1. The van der Waals surface area contributed by atoms with Crippen LogP contribution >= 0.6 is 11.6 Å². The lowest BCUT2D eigenvalue weighted by Gasteiger charge is -2.38. The Bertz CT molecular complexity index is 834. The van der Waals surface area contributed by atoms with E-state index in [1.165, 1.54) is 0 Å². The highest BCUT2D eigenvalue weighted by atomic mass is 35.5. The van der Waals surface area contributed by atoms with Crippen LogP contribution in [0.4, 0.5) is 19.0 Å². The average Bonchev–Trinajstić information content (AvgIpc) is 2.60. The van der Waals surface area contributed by atoms with Crippen molar-refractivity contribution >= 4 is 29.2 Å². The number of amides is 1. The predicted molar refractivity (Wildman–Crippen MR) is 95.4 cm³/mol. The molecule has 1 unspecified atom stereocenters. The van der Waals surface area contributed by atoms with Crippen LogP contribution in [-0.2, 0) is 4.79 Å². The SMILES string of the molecule is NC1=NC(=O)CC(O)(C(F)(F)F)C1=C(N)C1CCN(c2ccc(Cl)nn2)CC1. The number of amidine groups is 1. The van der Waals surface area contributed by atoms with Crippen LogP contribution in [0.3, 0.4) is 0 Å². The molecule has 2 aliphatic heterocycles. The molecule has 3 heterocycles. The molecule has 5 N–H and O–H groups in total. The van der Waals surface area contributed by atoms with E-state index in [4.69, 9.17) is 23.1 Å². The summed E-state index contributed by atoms with van der Waals surface area (Å²) in [6, 6.07) is 3.28. The molecule has 0 aromatic carbocycles. The Morgan fingerprint density at radius 3 is 2.46 bits per heavy atom. The minimum Gasteiger partial charge on any atom is -0.401 e. The second-order valence-corrected chi connectivity index (χ2v) is 7.12. The highest BCUT2D eigenvalue weighted by Crippen LogP contribution is 2.43. The monoisotopic (exact) mass is 418 g/mol. The van der Waals surface area contributed by atoms with E-state index in [0.717, 1.165) is 0 Å². The van der Waals surface area contributed by atoms with Gasteiger partial charge in [0.25, 0.3) is 5.91 Å². The first-order valence-electron chi connectivity index (χ1n) is 8.43. The van der Waals surface area contributed by atoms with E-state index < -0.39 is 41.4 Å². The largest absolute Gasteiger partial charge is 0.422 e. The molecule has 1 aromatic heterocycles. The highest BCUT2D eigenvalue weighted by Gasteiger charge is 2.60. The summed E-state index contributed by atoms with van der Waals surface area (Å²) in [4.78, 5) is 16.8. The summed E-state index contributed by atoms with van der Waals surface area (Å²) in [6.07, 6.45) is -5.57. The molecule has 3 rings (SSSR count). The third kappa shape index (κ3) is 3.63. The molecule has 0 aliphatic carbocycles. The third-order valence-corrected chi connectivity index (χ3v) is 5.16. The van der Waals surface area contributed by atoms with Crippen molar-refractivity contribution in [1.29, 1.82) is 0 Å². The summed E-state index contributed by atoms with van der Waals surface area (Å²) >= 11 is 5.71. The molecule has 152 valence electrons. The Balaban J connectivity index is 1.86. The number of piperidine rings is 1. The van der Waals surface area contributed by atoms with Gasteiger partial charge in [0.1, 0.15) is 5.84 Å². The minimum absolute atomic E-state index is 0.199. The number of hydrogen-bond donors (Lipinski definition) is 3. The van der Waals surface area contributed by atoms with E-state index in [2.05, 4.69) is 15.2 Å². The predicted octanol–water partition coefficient (Wildman–Crippen LogP) is 1.14. The summed E-state index contributed by atoms with van der Waals surface area (Å²) in [5, 5.41) is 18.3. The normalized spacial score (nSPS) is 26.2. The number of allylic oxidation sites excluding steroid dienone is 1. The van der Waals surface area contributed by atoms with Gasteiger partial charge in [-0.1, -0.05) is 11.6 Å². The van der Waals surface area contributed by atoms with Crippen molar-refractivity contribution in [3.8, 4) is 0 Å². The number of aliphatic hydroxyl groups is 1. The maximum atomic E-state index is 13.5. The Morgan fingerprint density at radius 2 is 1.93 bits per heavy atom. The van der Waals surface area contributed by atoms with E-state index in [1.54, 1.807) is 12.1 Å². The molecule has 12 heteroatoms. The molecule has 28 heavy (non-hydrogen) atoms. The maximum absolute atomic E-state index is 13.5. The number of alkyl halides is 3.